The van der Waals surface area contributed by atoms with E-state index in [2.05, 4.69) is 15.3 Å². The molecule has 3 heterocycles. The molecule has 0 fully saturated rings. The lowest BCUT2D eigenvalue weighted by Gasteiger charge is -2.21. The van der Waals surface area contributed by atoms with Crippen molar-refractivity contribution >= 4 is 23.2 Å². The highest BCUT2D eigenvalue weighted by Crippen LogP contribution is 2.40. The second kappa shape index (κ2) is 8.90. The van der Waals surface area contributed by atoms with Crippen molar-refractivity contribution in [1.29, 1.82) is 0 Å². The molecule has 0 bridgehead atoms. The molecule has 0 N–H and O–H groups in total. The average molecular weight is 511 g/mol. The summed E-state index contributed by atoms with van der Waals surface area (Å²) in [5.74, 6) is 0.602. The highest BCUT2D eigenvalue weighted by molar-refractivity contribution is 6.30. The Kier molecular flexibility index (Phi) is 5.53. The predicted octanol–water partition coefficient (Wildman–Crippen LogP) is 5.33. The first kappa shape index (κ1) is 23.0. The second-order valence-electron chi connectivity index (χ2n) is 8.95. The fourth-order valence-corrected chi connectivity index (χ4v) is 5.04. The number of carbonyl (C=O) groups is 1. The number of fused-ring (bicyclic) bond motifs is 2. The number of carbonyl (C=O) groups excluding carboxylic acids is 1. The average Bonchev–Trinajstić information content (AvgIpc) is 3.56. The molecule has 1 aliphatic heterocycles. The summed E-state index contributed by atoms with van der Waals surface area (Å²) in [5, 5.41) is 9.58. The van der Waals surface area contributed by atoms with E-state index in [1.165, 1.54) is 0 Å². The van der Waals surface area contributed by atoms with Crippen molar-refractivity contribution in [3.05, 3.63) is 107 Å². The summed E-state index contributed by atoms with van der Waals surface area (Å²) in [6.07, 6.45) is 5.59. The highest BCUT2D eigenvalue weighted by Gasteiger charge is 2.32. The van der Waals surface area contributed by atoms with E-state index >= 15 is 0 Å². The molecule has 0 spiro atoms. The SMILES string of the molecule is COc1cc(-c2cn(C3c4ccccc4C(=O)N(C)c4ccc(Cl)cc43)nn2)ccc1-n1cnc(C)c1. The molecular formula is C28H23ClN6O2. The first-order valence-corrected chi connectivity index (χ1v) is 12.1. The summed E-state index contributed by atoms with van der Waals surface area (Å²) in [6, 6.07) is 18.6. The van der Waals surface area contributed by atoms with Crippen molar-refractivity contribution in [2.75, 3.05) is 19.1 Å². The van der Waals surface area contributed by atoms with Gasteiger partial charge in [-0.05, 0) is 48.9 Å². The van der Waals surface area contributed by atoms with Crippen molar-refractivity contribution in [2.24, 2.45) is 0 Å². The quantitative estimate of drug-likeness (QED) is 0.326. The van der Waals surface area contributed by atoms with Crippen LogP contribution in [-0.2, 0) is 0 Å². The number of nitrogens with zero attached hydrogens (tertiary/aromatic N) is 6. The van der Waals surface area contributed by atoms with Crippen LogP contribution in [0.5, 0.6) is 5.75 Å². The molecule has 0 aliphatic carbocycles. The Bertz CT molecular complexity index is 1660. The highest BCUT2D eigenvalue weighted by atomic mass is 35.5. The normalized spacial score (nSPS) is 14.8. The Morgan fingerprint density at radius 1 is 0.973 bits per heavy atom. The van der Waals surface area contributed by atoms with Gasteiger partial charge >= 0.3 is 0 Å². The van der Waals surface area contributed by atoms with E-state index in [0.29, 0.717) is 22.0 Å². The summed E-state index contributed by atoms with van der Waals surface area (Å²) in [7, 11) is 3.41. The molecule has 8 nitrogen and oxygen atoms in total. The third-order valence-electron chi connectivity index (χ3n) is 6.68. The van der Waals surface area contributed by atoms with Gasteiger partial charge in [0, 0.05) is 40.6 Å². The standard InChI is InChI=1S/C28H23ClN6O2/c1-17-14-34(16-30-17)25-10-8-18(12-26(25)37-3)23-15-35(32-31-23)27-20-6-4-5-7-21(20)28(36)33(2)24-11-9-19(29)13-22(24)27/h4-16,27H,1-3H3. The molecule has 1 amide bonds. The Morgan fingerprint density at radius 3 is 2.57 bits per heavy atom. The zero-order valence-corrected chi connectivity index (χ0v) is 21.2. The number of ether oxygens (including phenoxy) is 1. The molecule has 0 radical (unpaired) electrons. The minimum absolute atomic E-state index is 0.0860. The fraction of sp³-hybridized carbons (Fsp3) is 0.143. The molecule has 3 aromatic carbocycles. The largest absolute Gasteiger partial charge is 0.495 e. The number of aromatic nitrogens is 5. The molecule has 2 aromatic heterocycles. The van der Waals surface area contributed by atoms with Gasteiger partial charge in [-0.15, -0.1) is 5.10 Å². The van der Waals surface area contributed by atoms with Crippen LogP contribution < -0.4 is 9.64 Å². The summed E-state index contributed by atoms with van der Waals surface area (Å²) < 4.78 is 9.39. The molecule has 5 aromatic rings. The lowest BCUT2D eigenvalue weighted by Crippen LogP contribution is -2.26. The van der Waals surface area contributed by atoms with Crippen LogP contribution in [0.4, 0.5) is 5.69 Å². The van der Waals surface area contributed by atoms with Gasteiger partial charge < -0.3 is 14.2 Å². The number of benzene rings is 3. The van der Waals surface area contributed by atoms with E-state index in [0.717, 1.165) is 33.8 Å². The zero-order chi connectivity index (χ0) is 25.7. The van der Waals surface area contributed by atoms with E-state index in [1.54, 1.807) is 36.1 Å². The second-order valence-corrected chi connectivity index (χ2v) is 9.39. The number of halogens is 1. The van der Waals surface area contributed by atoms with Crippen molar-refractivity contribution in [1.82, 2.24) is 24.5 Å². The van der Waals surface area contributed by atoms with E-state index in [4.69, 9.17) is 16.3 Å². The number of anilines is 1. The van der Waals surface area contributed by atoms with Gasteiger partial charge in [-0.2, -0.15) is 0 Å². The zero-order valence-electron chi connectivity index (χ0n) is 20.5. The third kappa shape index (κ3) is 3.86. The lowest BCUT2D eigenvalue weighted by molar-refractivity contribution is 0.0993. The minimum Gasteiger partial charge on any atom is -0.495 e. The summed E-state index contributed by atoms with van der Waals surface area (Å²) >= 11 is 6.43. The predicted molar refractivity (Wildman–Crippen MR) is 142 cm³/mol. The van der Waals surface area contributed by atoms with E-state index < -0.39 is 6.04 Å². The summed E-state index contributed by atoms with van der Waals surface area (Å²) in [6.45, 7) is 1.94. The van der Waals surface area contributed by atoms with Gasteiger partial charge in [-0.1, -0.05) is 41.1 Å². The number of aryl methyl sites for hydroxylation is 1. The van der Waals surface area contributed by atoms with Gasteiger partial charge in [0.1, 0.15) is 17.5 Å². The van der Waals surface area contributed by atoms with Crippen LogP contribution >= 0.6 is 11.6 Å². The first-order valence-electron chi connectivity index (χ1n) is 11.7. The number of methoxy groups -OCH3 is 1. The van der Waals surface area contributed by atoms with Crippen molar-refractivity contribution in [3.8, 4) is 22.7 Å². The number of imidazole rings is 1. The molecule has 0 saturated carbocycles. The van der Waals surface area contributed by atoms with Gasteiger partial charge in [0.2, 0.25) is 0 Å². The van der Waals surface area contributed by atoms with Crippen LogP contribution in [0, 0.1) is 6.92 Å². The minimum atomic E-state index is -0.393. The first-order chi connectivity index (χ1) is 17.9. The molecule has 6 rings (SSSR count). The molecule has 0 saturated heterocycles. The van der Waals surface area contributed by atoms with Crippen LogP contribution in [0.3, 0.4) is 0 Å². The maximum Gasteiger partial charge on any atom is 0.258 e. The smallest absolute Gasteiger partial charge is 0.258 e. The molecule has 37 heavy (non-hydrogen) atoms. The number of hydrogen-bond donors (Lipinski definition) is 0. The van der Waals surface area contributed by atoms with Gasteiger partial charge in [0.05, 0.1) is 31.0 Å². The van der Waals surface area contributed by atoms with E-state index in [1.807, 2.05) is 78.5 Å². The monoisotopic (exact) mass is 510 g/mol. The summed E-state index contributed by atoms with van der Waals surface area (Å²) in [5.41, 5.74) is 6.41. The molecule has 1 unspecified atom stereocenters. The molecule has 9 heteroatoms. The summed E-state index contributed by atoms with van der Waals surface area (Å²) in [4.78, 5) is 19.3. The Hall–Kier alpha value is -4.43. The van der Waals surface area contributed by atoms with E-state index in [9.17, 15) is 4.79 Å². The third-order valence-corrected chi connectivity index (χ3v) is 6.91. The van der Waals surface area contributed by atoms with Crippen LogP contribution in [0.1, 0.15) is 33.2 Å². The van der Waals surface area contributed by atoms with E-state index in [-0.39, 0.29) is 5.91 Å². The fourth-order valence-electron chi connectivity index (χ4n) is 4.86. The maximum atomic E-state index is 13.3. The number of rotatable bonds is 4. The van der Waals surface area contributed by atoms with Crippen molar-refractivity contribution < 1.29 is 9.53 Å². The maximum absolute atomic E-state index is 13.3. The Morgan fingerprint density at radius 2 is 1.78 bits per heavy atom. The Balaban J connectivity index is 1.47. The van der Waals surface area contributed by atoms with Gasteiger partial charge in [-0.25, -0.2) is 9.67 Å². The van der Waals surface area contributed by atoms with Crippen molar-refractivity contribution in [3.63, 3.8) is 0 Å². The van der Waals surface area contributed by atoms with Gasteiger partial charge in [-0.3, -0.25) is 4.79 Å². The molecule has 1 aliphatic rings. The number of amides is 1. The van der Waals surface area contributed by atoms with Crippen LogP contribution in [0.15, 0.2) is 79.4 Å². The topological polar surface area (TPSA) is 78.1 Å². The number of hydrogen-bond acceptors (Lipinski definition) is 5. The lowest BCUT2D eigenvalue weighted by atomic mass is 9.95. The molecular weight excluding hydrogens is 488 g/mol. The molecule has 1 atom stereocenters. The van der Waals surface area contributed by atoms with Gasteiger partial charge in [0.25, 0.3) is 5.91 Å². The van der Waals surface area contributed by atoms with Crippen LogP contribution in [0.2, 0.25) is 5.02 Å². The van der Waals surface area contributed by atoms with Crippen LogP contribution in [0.25, 0.3) is 16.9 Å². The van der Waals surface area contributed by atoms with Crippen molar-refractivity contribution in [2.45, 2.75) is 13.0 Å². The van der Waals surface area contributed by atoms with Gasteiger partial charge in [0.15, 0.2) is 0 Å². The van der Waals surface area contributed by atoms with Crippen LogP contribution in [-0.4, -0.2) is 44.6 Å². The molecule has 184 valence electrons. The Labute approximate surface area is 218 Å².